The van der Waals surface area contributed by atoms with Gasteiger partial charge in [-0.3, -0.25) is 10.1 Å². The van der Waals surface area contributed by atoms with Crippen LogP contribution in [0, 0.1) is 15.5 Å². The maximum Gasteiger partial charge on any atom is 0.270 e. The molecule has 0 heterocycles. The van der Waals surface area contributed by atoms with Crippen molar-refractivity contribution in [3.8, 4) is 5.75 Å². The smallest absolute Gasteiger partial charge is 0.270 e. The third-order valence-electron chi connectivity index (χ3n) is 3.48. The van der Waals surface area contributed by atoms with Crippen LogP contribution in [0.5, 0.6) is 5.75 Å². The number of nitro benzene ring substituents is 1. The molecule has 2 rings (SSSR count). The van der Waals surface area contributed by atoms with Crippen molar-refractivity contribution in [3.05, 3.63) is 33.9 Å². The van der Waals surface area contributed by atoms with E-state index in [4.69, 9.17) is 5.73 Å². The largest absolute Gasteiger partial charge is 0.508 e. The second-order valence-corrected chi connectivity index (χ2v) is 4.99. The monoisotopic (exact) mass is 222 g/mol. The summed E-state index contributed by atoms with van der Waals surface area (Å²) in [6, 6.07) is 3.97. The van der Waals surface area contributed by atoms with Gasteiger partial charge in [0.25, 0.3) is 5.69 Å². The normalized spacial score (nSPS) is 26.4. The third kappa shape index (κ3) is 1.36. The van der Waals surface area contributed by atoms with Crippen molar-refractivity contribution >= 4 is 5.69 Å². The summed E-state index contributed by atoms with van der Waals surface area (Å²) in [7, 11) is 0. The van der Waals surface area contributed by atoms with Crippen molar-refractivity contribution in [1.29, 1.82) is 0 Å². The Bertz CT molecular complexity index is 470. The molecule has 1 fully saturated rings. The first-order chi connectivity index (χ1) is 7.28. The van der Waals surface area contributed by atoms with Gasteiger partial charge in [0.2, 0.25) is 0 Å². The van der Waals surface area contributed by atoms with Crippen molar-refractivity contribution < 1.29 is 10.0 Å². The van der Waals surface area contributed by atoms with E-state index in [1.165, 1.54) is 18.2 Å². The second kappa shape index (κ2) is 2.95. The molecule has 0 bridgehead atoms. The van der Waals surface area contributed by atoms with Gasteiger partial charge < -0.3 is 10.8 Å². The fourth-order valence-electron chi connectivity index (χ4n) is 2.11. The van der Waals surface area contributed by atoms with Crippen LogP contribution in [-0.4, -0.2) is 10.0 Å². The number of benzene rings is 1. The number of rotatable bonds is 2. The highest BCUT2D eigenvalue weighted by Crippen LogP contribution is 2.62. The highest BCUT2D eigenvalue weighted by molar-refractivity contribution is 5.50. The summed E-state index contributed by atoms with van der Waals surface area (Å²) >= 11 is 0. The molecule has 0 spiro atoms. The molecule has 0 aromatic heterocycles. The Labute approximate surface area is 93.0 Å². The van der Waals surface area contributed by atoms with Crippen LogP contribution >= 0.6 is 0 Å². The van der Waals surface area contributed by atoms with Crippen LogP contribution in [0.3, 0.4) is 0 Å². The molecule has 86 valence electrons. The van der Waals surface area contributed by atoms with Gasteiger partial charge in [-0.15, -0.1) is 0 Å². The molecule has 16 heavy (non-hydrogen) atoms. The van der Waals surface area contributed by atoms with Gasteiger partial charge in [-0.05, 0) is 17.9 Å². The SMILES string of the molecule is CC1(C)CC1(N)c1cc([N+](=O)[O-])ccc1O. The topological polar surface area (TPSA) is 89.4 Å². The zero-order valence-corrected chi connectivity index (χ0v) is 9.23. The summed E-state index contributed by atoms with van der Waals surface area (Å²) in [5.74, 6) is 0.0266. The molecule has 5 heteroatoms. The molecule has 0 aliphatic heterocycles. The quantitative estimate of drug-likeness (QED) is 0.590. The van der Waals surface area contributed by atoms with E-state index in [1.54, 1.807) is 0 Å². The van der Waals surface area contributed by atoms with E-state index in [2.05, 4.69) is 0 Å². The number of phenolic OH excluding ortho intramolecular Hbond substituents is 1. The van der Waals surface area contributed by atoms with Gasteiger partial charge in [-0.1, -0.05) is 13.8 Å². The van der Waals surface area contributed by atoms with Crippen LogP contribution in [0.2, 0.25) is 0 Å². The molecule has 1 aliphatic rings. The van der Waals surface area contributed by atoms with Crippen LogP contribution in [0.25, 0.3) is 0 Å². The number of nitro groups is 1. The highest BCUT2D eigenvalue weighted by Gasteiger charge is 2.60. The van der Waals surface area contributed by atoms with Gasteiger partial charge in [0, 0.05) is 17.7 Å². The Balaban J connectivity index is 2.50. The van der Waals surface area contributed by atoms with E-state index in [0.717, 1.165) is 0 Å². The van der Waals surface area contributed by atoms with Crippen molar-refractivity contribution in [3.63, 3.8) is 0 Å². The molecule has 1 aromatic carbocycles. The van der Waals surface area contributed by atoms with Gasteiger partial charge in [0.15, 0.2) is 0 Å². The lowest BCUT2D eigenvalue weighted by Gasteiger charge is -2.16. The predicted octanol–water partition coefficient (Wildman–Crippen LogP) is 1.88. The number of aromatic hydroxyl groups is 1. The van der Waals surface area contributed by atoms with Gasteiger partial charge in [0.1, 0.15) is 5.75 Å². The zero-order valence-electron chi connectivity index (χ0n) is 9.23. The predicted molar refractivity (Wildman–Crippen MR) is 59.0 cm³/mol. The van der Waals surface area contributed by atoms with Gasteiger partial charge >= 0.3 is 0 Å². The fraction of sp³-hybridized carbons (Fsp3) is 0.455. The average molecular weight is 222 g/mol. The summed E-state index contributed by atoms with van der Waals surface area (Å²) in [4.78, 5) is 10.2. The van der Waals surface area contributed by atoms with E-state index < -0.39 is 10.5 Å². The van der Waals surface area contributed by atoms with Gasteiger partial charge in [0.05, 0.1) is 10.5 Å². The number of nitrogens with two attached hydrogens (primary N) is 1. The molecule has 1 unspecified atom stereocenters. The van der Waals surface area contributed by atoms with Crippen molar-refractivity contribution in [1.82, 2.24) is 0 Å². The molecule has 0 amide bonds. The lowest BCUT2D eigenvalue weighted by atomic mass is 9.96. The van der Waals surface area contributed by atoms with Crippen LogP contribution in [-0.2, 0) is 5.54 Å². The Hall–Kier alpha value is -1.62. The summed E-state index contributed by atoms with van der Waals surface area (Å²) in [5, 5.41) is 20.4. The number of non-ortho nitro benzene ring substituents is 1. The maximum absolute atomic E-state index is 10.7. The van der Waals surface area contributed by atoms with Crippen LogP contribution < -0.4 is 5.73 Å². The minimum absolute atomic E-state index is 0.0266. The number of phenols is 1. The Morgan fingerprint density at radius 3 is 2.50 bits per heavy atom. The molecule has 1 aromatic rings. The van der Waals surface area contributed by atoms with Crippen LogP contribution in [0.4, 0.5) is 5.69 Å². The Morgan fingerprint density at radius 1 is 1.50 bits per heavy atom. The van der Waals surface area contributed by atoms with Crippen LogP contribution in [0.15, 0.2) is 18.2 Å². The molecule has 3 N–H and O–H groups in total. The highest BCUT2D eigenvalue weighted by atomic mass is 16.6. The molecule has 0 radical (unpaired) electrons. The van der Waals surface area contributed by atoms with Crippen LogP contribution in [0.1, 0.15) is 25.8 Å². The first-order valence-corrected chi connectivity index (χ1v) is 5.05. The fourth-order valence-corrected chi connectivity index (χ4v) is 2.11. The lowest BCUT2D eigenvalue weighted by molar-refractivity contribution is -0.385. The average Bonchev–Trinajstić information content (AvgIpc) is 2.67. The molecular weight excluding hydrogens is 208 g/mol. The number of hydrogen-bond acceptors (Lipinski definition) is 4. The molecule has 1 atom stereocenters. The Morgan fingerprint density at radius 2 is 2.06 bits per heavy atom. The van der Waals surface area contributed by atoms with E-state index in [9.17, 15) is 15.2 Å². The van der Waals surface area contributed by atoms with Gasteiger partial charge in [-0.25, -0.2) is 0 Å². The lowest BCUT2D eigenvalue weighted by Crippen LogP contribution is -2.25. The summed E-state index contributed by atoms with van der Waals surface area (Å²) in [6.45, 7) is 3.95. The zero-order chi connectivity index (χ0) is 12.1. The molecule has 5 nitrogen and oxygen atoms in total. The molecular formula is C11H14N2O3. The Kier molecular flexibility index (Phi) is 2.00. The molecule has 0 saturated heterocycles. The summed E-state index contributed by atoms with van der Waals surface area (Å²) in [5.41, 5.74) is 5.78. The first-order valence-electron chi connectivity index (χ1n) is 5.05. The van der Waals surface area contributed by atoms with E-state index in [1.807, 2.05) is 13.8 Å². The third-order valence-corrected chi connectivity index (χ3v) is 3.48. The molecule has 1 saturated carbocycles. The molecule has 1 aliphatic carbocycles. The first kappa shape index (κ1) is 10.9. The van der Waals surface area contributed by atoms with Crippen molar-refractivity contribution in [2.75, 3.05) is 0 Å². The second-order valence-electron chi connectivity index (χ2n) is 4.99. The number of hydrogen-bond donors (Lipinski definition) is 2. The minimum atomic E-state index is -0.650. The van der Waals surface area contributed by atoms with E-state index in [0.29, 0.717) is 12.0 Å². The van der Waals surface area contributed by atoms with Gasteiger partial charge in [-0.2, -0.15) is 0 Å². The van der Waals surface area contributed by atoms with Crippen molar-refractivity contribution in [2.45, 2.75) is 25.8 Å². The van der Waals surface area contributed by atoms with Crippen molar-refractivity contribution in [2.24, 2.45) is 11.1 Å². The minimum Gasteiger partial charge on any atom is -0.508 e. The van der Waals surface area contributed by atoms with E-state index >= 15 is 0 Å². The summed E-state index contributed by atoms with van der Waals surface area (Å²) < 4.78 is 0. The van der Waals surface area contributed by atoms with E-state index in [-0.39, 0.29) is 16.9 Å². The maximum atomic E-state index is 10.7. The summed E-state index contributed by atoms with van der Waals surface area (Å²) in [6.07, 6.45) is 0.717. The standard InChI is InChI=1S/C11H14N2O3/c1-10(2)6-11(10,12)8-5-7(13(15)16)3-4-9(8)14/h3-5,14H,6,12H2,1-2H3. The number of nitrogens with zero attached hydrogens (tertiary/aromatic N) is 1.